The first-order valence-electron chi connectivity index (χ1n) is 8.84. The van der Waals surface area contributed by atoms with Crippen LogP contribution in [0, 0.1) is 5.92 Å². The van der Waals surface area contributed by atoms with E-state index in [1.807, 2.05) is 12.1 Å². The second-order valence-corrected chi connectivity index (χ2v) is 9.28. The number of benzene rings is 1. The Bertz CT molecular complexity index is 630. The average Bonchev–Trinajstić information content (AvgIpc) is 2.96. The molecular weight excluding hydrogens is 360 g/mol. The van der Waals surface area contributed by atoms with Crippen molar-refractivity contribution in [1.29, 1.82) is 0 Å². The molecule has 2 saturated heterocycles. The summed E-state index contributed by atoms with van der Waals surface area (Å²) >= 11 is 0. The highest BCUT2D eigenvalue weighted by Gasteiger charge is 2.33. The zero-order chi connectivity index (χ0) is 17.0. The smallest absolute Gasteiger partial charge is 0.151 e. The van der Waals surface area contributed by atoms with E-state index in [-0.39, 0.29) is 18.4 Å². The van der Waals surface area contributed by atoms with Crippen LogP contribution in [0.1, 0.15) is 24.8 Å². The van der Waals surface area contributed by atoms with Gasteiger partial charge >= 0.3 is 0 Å². The van der Waals surface area contributed by atoms with Crippen molar-refractivity contribution in [2.45, 2.75) is 31.8 Å². The van der Waals surface area contributed by atoms with E-state index in [2.05, 4.69) is 22.3 Å². The Hall–Kier alpha value is -0.820. The number of ether oxygens (including phenoxy) is 1. The molecule has 2 atom stereocenters. The van der Waals surface area contributed by atoms with Gasteiger partial charge < -0.3 is 10.1 Å². The van der Waals surface area contributed by atoms with Crippen molar-refractivity contribution in [2.75, 3.05) is 38.2 Å². The van der Waals surface area contributed by atoms with Gasteiger partial charge in [0.15, 0.2) is 9.84 Å². The lowest BCUT2D eigenvalue weighted by molar-refractivity contribution is 0.157. The average molecular weight is 389 g/mol. The van der Waals surface area contributed by atoms with Gasteiger partial charge in [-0.05, 0) is 56.0 Å². The molecule has 5 nitrogen and oxygen atoms in total. The minimum absolute atomic E-state index is 0. The highest BCUT2D eigenvalue weighted by molar-refractivity contribution is 7.91. The van der Waals surface area contributed by atoms with Crippen LogP contribution in [0.15, 0.2) is 24.3 Å². The van der Waals surface area contributed by atoms with Crippen LogP contribution in [0.3, 0.4) is 0 Å². The normalized spacial score (nSPS) is 25.5. The number of hydrogen-bond donors (Lipinski definition) is 1. The summed E-state index contributed by atoms with van der Waals surface area (Å²) in [5.74, 6) is 2.11. The zero-order valence-corrected chi connectivity index (χ0v) is 16.4. The molecule has 1 aromatic carbocycles. The number of nitrogens with zero attached hydrogens (tertiary/aromatic N) is 1. The molecule has 2 aliphatic heterocycles. The number of sulfone groups is 1. The Morgan fingerprint density at radius 1 is 1.24 bits per heavy atom. The van der Waals surface area contributed by atoms with E-state index < -0.39 is 9.84 Å². The first kappa shape index (κ1) is 20.5. The molecule has 0 aliphatic carbocycles. The quantitative estimate of drug-likeness (QED) is 0.808. The van der Waals surface area contributed by atoms with Gasteiger partial charge in [0.2, 0.25) is 0 Å². The monoisotopic (exact) mass is 388 g/mol. The fourth-order valence-corrected chi connectivity index (χ4v) is 5.54. The molecule has 25 heavy (non-hydrogen) atoms. The van der Waals surface area contributed by atoms with Gasteiger partial charge in [-0.3, -0.25) is 4.90 Å². The van der Waals surface area contributed by atoms with Gasteiger partial charge in [-0.25, -0.2) is 8.42 Å². The Morgan fingerprint density at radius 2 is 2.00 bits per heavy atom. The predicted octanol–water partition coefficient (Wildman–Crippen LogP) is 2.11. The fourth-order valence-electron chi connectivity index (χ4n) is 3.78. The summed E-state index contributed by atoms with van der Waals surface area (Å²) in [7, 11) is -1.19. The highest BCUT2D eigenvalue weighted by Crippen LogP contribution is 2.23. The molecule has 2 fully saturated rings. The molecule has 0 aromatic heterocycles. The number of piperidine rings is 1. The summed E-state index contributed by atoms with van der Waals surface area (Å²) in [5, 5.41) is 3.46. The second-order valence-electron chi connectivity index (χ2n) is 7.05. The highest BCUT2D eigenvalue weighted by atomic mass is 35.5. The summed E-state index contributed by atoms with van der Waals surface area (Å²) in [5.41, 5.74) is 1.21. The number of rotatable bonds is 6. The number of methoxy groups -OCH3 is 1. The maximum atomic E-state index is 11.9. The maximum Gasteiger partial charge on any atom is 0.151 e. The van der Waals surface area contributed by atoms with Crippen LogP contribution >= 0.6 is 12.4 Å². The number of nitrogens with one attached hydrogen (secondary N) is 1. The molecular formula is C18H29ClN2O3S. The van der Waals surface area contributed by atoms with Crippen molar-refractivity contribution in [1.82, 2.24) is 10.2 Å². The number of hydrogen-bond acceptors (Lipinski definition) is 5. The van der Waals surface area contributed by atoms with Crippen molar-refractivity contribution in [2.24, 2.45) is 5.92 Å². The molecule has 0 amide bonds. The summed E-state index contributed by atoms with van der Waals surface area (Å²) in [6.07, 6.45) is 3.20. The van der Waals surface area contributed by atoms with Gasteiger partial charge in [0.1, 0.15) is 5.75 Å². The van der Waals surface area contributed by atoms with E-state index in [1.54, 1.807) is 7.11 Å². The van der Waals surface area contributed by atoms with Crippen LogP contribution in [-0.4, -0.2) is 57.6 Å². The third-order valence-corrected chi connectivity index (χ3v) is 6.91. The molecule has 0 saturated carbocycles. The molecule has 2 unspecified atom stereocenters. The summed E-state index contributed by atoms with van der Waals surface area (Å²) in [4.78, 5) is 2.39. The predicted molar refractivity (Wildman–Crippen MR) is 103 cm³/mol. The molecule has 7 heteroatoms. The Kier molecular flexibility index (Phi) is 7.55. The van der Waals surface area contributed by atoms with E-state index >= 15 is 0 Å². The van der Waals surface area contributed by atoms with Gasteiger partial charge in [0.05, 0.1) is 18.6 Å². The maximum absolute atomic E-state index is 11.9. The van der Waals surface area contributed by atoms with E-state index in [1.165, 1.54) is 18.4 Å². The van der Waals surface area contributed by atoms with Crippen molar-refractivity contribution >= 4 is 22.2 Å². The SMILES string of the molecule is COc1ccc(CN(CC2CCCNC2)C2CCS(=O)(=O)C2)cc1.Cl. The molecule has 1 N–H and O–H groups in total. The van der Waals surface area contributed by atoms with E-state index in [9.17, 15) is 8.42 Å². The van der Waals surface area contributed by atoms with Crippen molar-refractivity contribution in [3.63, 3.8) is 0 Å². The summed E-state index contributed by atoms with van der Waals surface area (Å²) < 4.78 is 29.1. The summed E-state index contributed by atoms with van der Waals surface area (Å²) in [6, 6.07) is 8.25. The van der Waals surface area contributed by atoms with Crippen LogP contribution in [-0.2, 0) is 16.4 Å². The molecule has 0 spiro atoms. The van der Waals surface area contributed by atoms with Crippen molar-refractivity contribution in [3.05, 3.63) is 29.8 Å². The third-order valence-electron chi connectivity index (χ3n) is 5.16. The van der Waals surface area contributed by atoms with Crippen LogP contribution in [0.5, 0.6) is 5.75 Å². The van der Waals surface area contributed by atoms with E-state index in [0.29, 0.717) is 17.4 Å². The number of halogens is 1. The zero-order valence-electron chi connectivity index (χ0n) is 14.8. The van der Waals surface area contributed by atoms with Gasteiger partial charge in [-0.15, -0.1) is 12.4 Å². The van der Waals surface area contributed by atoms with Gasteiger partial charge in [-0.2, -0.15) is 0 Å². The van der Waals surface area contributed by atoms with Crippen LogP contribution in [0.4, 0.5) is 0 Å². The third kappa shape index (κ3) is 5.84. The molecule has 0 radical (unpaired) electrons. The minimum atomic E-state index is -2.86. The Balaban J connectivity index is 0.00000225. The molecule has 2 aliphatic rings. The molecule has 142 valence electrons. The minimum Gasteiger partial charge on any atom is -0.497 e. The summed E-state index contributed by atoms with van der Waals surface area (Å²) in [6.45, 7) is 3.92. The van der Waals surface area contributed by atoms with Crippen LogP contribution in [0.2, 0.25) is 0 Å². The first-order valence-corrected chi connectivity index (χ1v) is 10.7. The topological polar surface area (TPSA) is 58.6 Å². The largest absolute Gasteiger partial charge is 0.497 e. The second kappa shape index (κ2) is 9.21. The fraction of sp³-hybridized carbons (Fsp3) is 0.667. The molecule has 1 aromatic rings. The molecule has 0 bridgehead atoms. The first-order chi connectivity index (χ1) is 11.6. The molecule has 2 heterocycles. The standard InChI is InChI=1S/C18H28N2O3S.ClH/c1-23-18-6-4-15(5-7-18)12-20(13-16-3-2-9-19-11-16)17-8-10-24(21,22)14-17;/h4-7,16-17,19H,2-3,8-14H2,1H3;1H. The van der Waals surface area contributed by atoms with E-state index in [0.717, 1.165) is 38.3 Å². The van der Waals surface area contributed by atoms with Gasteiger partial charge in [0.25, 0.3) is 0 Å². The Labute approximate surface area is 157 Å². The van der Waals surface area contributed by atoms with Crippen LogP contribution in [0.25, 0.3) is 0 Å². The van der Waals surface area contributed by atoms with E-state index in [4.69, 9.17) is 4.74 Å². The lowest BCUT2D eigenvalue weighted by atomic mass is 9.98. The lowest BCUT2D eigenvalue weighted by Crippen LogP contribution is -2.43. The molecule has 3 rings (SSSR count). The van der Waals surface area contributed by atoms with Crippen molar-refractivity contribution < 1.29 is 13.2 Å². The van der Waals surface area contributed by atoms with Crippen molar-refractivity contribution in [3.8, 4) is 5.75 Å². The van der Waals surface area contributed by atoms with Crippen LogP contribution < -0.4 is 10.1 Å². The van der Waals surface area contributed by atoms with Gasteiger partial charge in [0, 0.05) is 19.1 Å². The van der Waals surface area contributed by atoms with Gasteiger partial charge in [-0.1, -0.05) is 12.1 Å². The Morgan fingerprint density at radius 3 is 2.56 bits per heavy atom. The lowest BCUT2D eigenvalue weighted by Gasteiger charge is -2.33.